The van der Waals surface area contributed by atoms with Gasteiger partial charge in [0.2, 0.25) is 0 Å². The van der Waals surface area contributed by atoms with E-state index in [0.29, 0.717) is 5.56 Å². The number of hydrogen-bond acceptors (Lipinski definition) is 5. The van der Waals surface area contributed by atoms with Crippen LogP contribution >= 0.6 is 0 Å². The predicted octanol–water partition coefficient (Wildman–Crippen LogP) is 2.29. The van der Waals surface area contributed by atoms with E-state index in [0.717, 1.165) is 0 Å². The molecule has 6 heteroatoms. The molecule has 1 N–H and O–H groups in total. The number of ether oxygens (including phenoxy) is 1. The zero-order valence-corrected chi connectivity index (χ0v) is 11.8. The van der Waals surface area contributed by atoms with Crippen molar-refractivity contribution in [1.82, 2.24) is 0 Å². The number of esters is 1. The van der Waals surface area contributed by atoms with Crippen LogP contribution in [0.5, 0.6) is 0 Å². The van der Waals surface area contributed by atoms with Crippen molar-refractivity contribution in [2.45, 2.75) is 26.4 Å². The second kappa shape index (κ2) is 5.05. The van der Waals surface area contributed by atoms with Gasteiger partial charge >= 0.3 is 11.9 Å². The molecule has 2 rings (SSSR count). The molecule has 0 spiro atoms. The minimum absolute atomic E-state index is 0.0490. The zero-order valence-electron chi connectivity index (χ0n) is 11.8. The first-order valence-electron chi connectivity index (χ1n) is 6.21. The minimum Gasteiger partial charge on any atom is -0.478 e. The van der Waals surface area contributed by atoms with Crippen molar-refractivity contribution in [2.75, 3.05) is 0 Å². The fraction of sp³-hybridized carbons (Fsp3) is 0.267. The molecule has 1 aromatic heterocycles. The van der Waals surface area contributed by atoms with Crippen LogP contribution in [0.4, 0.5) is 0 Å². The van der Waals surface area contributed by atoms with Gasteiger partial charge < -0.3 is 14.3 Å². The first kappa shape index (κ1) is 14.8. The molecule has 0 fully saturated rings. The Labute approximate surface area is 119 Å². The molecule has 0 amide bonds. The molecule has 1 aromatic carbocycles. The topological polar surface area (TPSA) is 93.8 Å². The number of hydrogen-bond donors (Lipinski definition) is 1. The van der Waals surface area contributed by atoms with Crippen molar-refractivity contribution in [3.8, 4) is 0 Å². The molecule has 6 nitrogen and oxygen atoms in total. The number of carboxylic acids is 1. The van der Waals surface area contributed by atoms with Gasteiger partial charge in [0.25, 0.3) is 0 Å². The molecule has 0 unspecified atom stereocenters. The molecular weight excluding hydrogens is 276 g/mol. The molecule has 110 valence electrons. The summed E-state index contributed by atoms with van der Waals surface area (Å²) in [5.41, 5.74) is -1.11. The van der Waals surface area contributed by atoms with Crippen molar-refractivity contribution < 1.29 is 23.8 Å². The van der Waals surface area contributed by atoms with Crippen LogP contribution in [-0.4, -0.2) is 17.0 Å². The monoisotopic (exact) mass is 290 g/mol. The summed E-state index contributed by atoms with van der Waals surface area (Å²) in [4.78, 5) is 34.5. The van der Waals surface area contributed by atoms with Gasteiger partial charge in [-0.1, -0.05) is 0 Å². The van der Waals surface area contributed by atoms with Crippen LogP contribution in [0.25, 0.3) is 11.0 Å². The Bertz CT molecular complexity index is 784. The van der Waals surface area contributed by atoms with Gasteiger partial charge in [-0.25, -0.2) is 4.79 Å². The summed E-state index contributed by atoms with van der Waals surface area (Å²) in [7, 11) is 0. The molecule has 0 aliphatic rings. The van der Waals surface area contributed by atoms with Gasteiger partial charge in [0.15, 0.2) is 5.43 Å². The standard InChI is InChI=1S/C15H14O6/c1-8(16)21-15(2,3)10-6-9(14(18)19)7-12-13(10)11(17)4-5-20-12/h4-7H,1-3H3,(H,18,19). The SMILES string of the molecule is CC(=O)OC(C)(C)c1cc(C(=O)O)cc2occc(=O)c12. The largest absolute Gasteiger partial charge is 0.478 e. The van der Waals surface area contributed by atoms with Gasteiger partial charge in [0.1, 0.15) is 11.2 Å². The molecule has 0 aliphatic heterocycles. The smallest absolute Gasteiger partial charge is 0.335 e. The van der Waals surface area contributed by atoms with Crippen LogP contribution in [0.2, 0.25) is 0 Å². The van der Waals surface area contributed by atoms with Crippen LogP contribution in [0.15, 0.2) is 33.7 Å². The fourth-order valence-electron chi connectivity index (χ4n) is 2.23. The zero-order chi connectivity index (χ0) is 15.8. The van der Waals surface area contributed by atoms with Crippen LogP contribution in [0, 0.1) is 0 Å². The number of carboxylic acid groups (broad SMARTS) is 1. The van der Waals surface area contributed by atoms with Gasteiger partial charge in [-0.3, -0.25) is 9.59 Å². The summed E-state index contributed by atoms with van der Waals surface area (Å²) in [6.45, 7) is 4.41. The van der Waals surface area contributed by atoms with Crippen molar-refractivity contribution >= 4 is 22.9 Å². The highest BCUT2D eigenvalue weighted by Crippen LogP contribution is 2.31. The molecule has 21 heavy (non-hydrogen) atoms. The Balaban J connectivity index is 2.84. The molecule has 2 aromatic rings. The number of aromatic carboxylic acids is 1. The molecule has 0 aliphatic carbocycles. The number of fused-ring (bicyclic) bond motifs is 1. The highest BCUT2D eigenvalue weighted by Gasteiger charge is 2.29. The quantitative estimate of drug-likeness (QED) is 0.872. The van der Waals surface area contributed by atoms with E-state index >= 15 is 0 Å². The highest BCUT2D eigenvalue weighted by molar-refractivity contribution is 5.94. The van der Waals surface area contributed by atoms with E-state index in [4.69, 9.17) is 14.3 Å². The lowest BCUT2D eigenvalue weighted by Gasteiger charge is -2.26. The number of benzene rings is 1. The van der Waals surface area contributed by atoms with E-state index in [1.54, 1.807) is 13.8 Å². The molecule has 0 atom stereocenters. The lowest BCUT2D eigenvalue weighted by atomic mass is 9.92. The maximum atomic E-state index is 12.1. The lowest BCUT2D eigenvalue weighted by molar-refractivity contribution is -0.154. The Morgan fingerprint density at radius 1 is 1.29 bits per heavy atom. The Hall–Kier alpha value is -2.63. The third-order valence-electron chi connectivity index (χ3n) is 3.06. The third-order valence-corrected chi connectivity index (χ3v) is 3.06. The first-order valence-corrected chi connectivity index (χ1v) is 6.21. The summed E-state index contributed by atoms with van der Waals surface area (Å²) in [6, 6.07) is 3.83. The number of carbonyl (C=O) groups excluding carboxylic acids is 1. The number of rotatable bonds is 3. The van der Waals surface area contributed by atoms with Crippen LogP contribution in [-0.2, 0) is 15.1 Å². The van der Waals surface area contributed by atoms with Crippen molar-refractivity contribution in [2.24, 2.45) is 0 Å². The summed E-state index contributed by atoms with van der Waals surface area (Å²) in [5, 5.41) is 9.36. The van der Waals surface area contributed by atoms with Crippen molar-refractivity contribution in [3.63, 3.8) is 0 Å². The first-order chi connectivity index (χ1) is 9.72. The molecule has 0 saturated carbocycles. The Kier molecular flexibility index (Phi) is 3.55. The Morgan fingerprint density at radius 2 is 1.95 bits per heavy atom. The van der Waals surface area contributed by atoms with Crippen LogP contribution in [0.1, 0.15) is 36.7 Å². The Morgan fingerprint density at radius 3 is 2.52 bits per heavy atom. The summed E-state index contributed by atoms with van der Waals surface area (Å²) < 4.78 is 10.4. The normalized spacial score (nSPS) is 11.4. The van der Waals surface area contributed by atoms with Gasteiger partial charge in [0.05, 0.1) is 17.2 Å². The highest BCUT2D eigenvalue weighted by atomic mass is 16.6. The average Bonchev–Trinajstić information content (AvgIpc) is 2.36. The van der Waals surface area contributed by atoms with E-state index < -0.39 is 17.5 Å². The third kappa shape index (κ3) is 2.79. The molecular formula is C15H14O6. The maximum Gasteiger partial charge on any atom is 0.335 e. The van der Waals surface area contributed by atoms with Gasteiger partial charge in [-0.15, -0.1) is 0 Å². The average molecular weight is 290 g/mol. The fourth-order valence-corrected chi connectivity index (χ4v) is 2.23. The predicted molar refractivity (Wildman–Crippen MR) is 74.2 cm³/mol. The van der Waals surface area contributed by atoms with Gasteiger partial charge in [-0.05, 0) is 26.0 Å². The van der Waals surface area contributed by atoms with E-state index in [1.165, 1.54) is 31.4 Å². The molecule has 0 radical (unpaired) electrons. The van der Waals surface area contributed by atoms with E-state index in [-0.39, 0.29) is 22.0 Å². The second-order valence-corrected chi connectivity index (χ2v) is 5.09. The summed E-state index contributed by atoms with van der Waals surface area (Å²) in [5.74, 6) is -1.70. The second-order valence-electron chi connectivity index (χ2n) is 5.09. The van der Waals surface area contributed by atoms with Crippen LogP contribution < -0.4 is 5.43 Å². The van der Waals surface area contributed by atoms with Gasteiger partial charge in [0, 0.05) is 18.6 Å². The van der Waals surface area contributed by atoms with Gasteiger partial charge in [-0.2, -0.15) is 0 Å². The minimum atomic E-state index is -1.16. The molecule has 0 saturated heterocycles. The molecule has 1 heterocycles. The van der Waals surface area contributed by atoms with Crippen molar-refractivity contribution in [1.29, 1.82) is 0 Å². The van der Waals surface area contributed by atoms with Crippen LogP contribution in [0.3, 0.4) is 0 Å². The maximum absolute atomic E-state index is 12.1. The van der Waals surface area contributed by atoms with E-state index in [2.05, 4.69) is 0 Å². The lowest BCUT2D eigenvalue weighted by Crippen LogP contribution is -2.26. The van der Waals surface area contributed by atoms with E-state index in [9.17, 15) is 14.4 Å². The van der Waals surface area contributed by atoms with Crippen molar-refractivity contribution in [3.05, 3.63) is 45.8 Å². The van der Waals surface area contributed by atoms with E-state index in [1.807, 2.05) is 0 Å². The number of carbonyl (C=O) groups is 2. The summed E-state index contributed by atoms with van der Waals surface area (Å²) >= 11 is 0. The summed E-state index contributed by atoms with van der Waals surface area (Å²) in [6.07, 6.45) is 1.19. The molecule has 0 bridgehead atoms.